The minimum absolute atomic E-state index is 0.673. The number of hydrogen-bond donors (Lipinski definition) is 1. The molecular formula is C22H39NO2. The van der Waals surface area contributed by atoms with Crippen molar-refractivity contribution in [3.63, 3.8) is 0 Å². The molecule has 3 heteroatoms. The van der Waals surface area contributed by atoms with Gasteiger partial charge in [0, 0.05) is 6.07 Å². The van der Waals surface area contributed by atoms with Crippen molar-refractivity contribution < 1.29 is 9.47 Å². The molecule has 0 saturated heterocycles. The van der Waals surface area contributed by atoms with E-state index < -0.39 is 0 Å². The molecule has 1 rings (SSSR count). The number of rotatable bonds is 16. The topological polar surface area (TPSA) is 44.5 Å². The normalized spacial score (nSPS) is 10.8. The molecule has 144 valence electrons. The van der Waals surface area contributed by atoms with Crippen molar-refractivity contribution in [1.29, 1.82) is 0 Å². The van der Waals surface area contributed by atoms with Crippen LogP contribution in [0.15, 0.2) is 18.2 Å². The van der Waals surface area contributed by atoms with Crippen LogP contribution in [-0.4, -0.2) is 13.2 Å². The van der Waals surface area contributed by atoms with E-state index in [4.69, 9.17) is 15.2 Å². The smallest absolute Gasteiger partial charge is 0.142 e. The molecule has 0 aliphatic carbocycles. The lowest BCUT2D eigenvalue weighted by atomic mass is 10.1. The number of ether oxygens (including phenoxy) is 2. The molecule has 0 radical (unpaired) electrons. The Kier molecular flexibility index (Phi) is 12.9. The van der Waals surface area contributed by atoms with E-state index in [0.717, 1.165) is 37.6 Å². The van der Waals surface area contributed by atoms with Gasteiger partial charge in [-0.15, -0.1) is 0 Å². The number of nitrogens with two attached hydrogens (primary N) is 1. The third-order valence-electron chi connectivity index (χ3n) is 4.50. The molecule has 0 unspecified atom stereocenters. The maximum atomic E-state index is 6.08. The van der Waals surface area contributed by atoms with Gasteiger partial charge in [0.25, 0.3) is 0 Å². The average molecular weight is 350 g/mol. The molecule has 2 N–H and O–H groups in total. The number of unbranched alkanes of at least 4 members (excludes halogenated alkanes) is 10. The Bertz CT molecular complexity index is 434. The first kappa shape index (κ1) is 21.7. The van der Waals surface area contributed by atoms with Crippen LogP contribution < -0.4 is 15.2 Å². The highest BCUT2D eigenvalue weighted by molar-refractivity contribution is 5.56. The molecule has 3 nitrogen and oxygen atoms in total. The number of anilines is 1. The molecule has 0 spiro atoms. The van der Waals surface area contributed by atoms with Gasteiger partial charge in [0.2, 0.25) is 0 Å². The number of nitrogen functional groups attached to an aromatic ring is 1. The van der Waals surface area contributed by atoms with Gasteiger partial charge in [0.1, 0.15) is 11.5 Å². The summed E-state index contributed by atoms with van der Waals surface area (Å²) >= 11 is 0. The Balaban J connectivity index is 2.14. The zero-order valence-corrected chi connectivity index (χ0v) is 16.5. The third kappa shape index (κ3) is 11.0. The molecule has 0 bridgehead atoms. The van der Waals surface area contributed by atoms with Crippen LogP contribution in [-0.2, 0) is 0 Å². The zero-order valence-electron chi connectivity index (χ0n) is 16.5. The second-order valence-electron chi connectivity index (χ2n) is 6.93. The van der Waals surface area contributed by atoms with Crippen LogP contribution in [0.1, 0.15) is 90.9 Å². The summed E-state index contributed by atoms with van der Waals surface area (Å²) in [6, 6.07) is 5.78. The van der Waals surface area contributed by atoms with Crippen molar-refractivity contribution in [3.8, 4) is 11.5 Å². The van der Waals surface area contributed by atoms with Gasteiger partial charge in [0.15, 0.2) is 0 Å². The van der Waals surface area contributed by atoms with Gasteiger partial charge in [0.05, 0.1) is 18.9 Å². The summed E-state index contributed by atoms with van der Waals surface area (Å²) in [6.07, 6.45) is 15.3. The maximum Gasteiger partial charge on any atom is 0.142 e. The lowest BCUT2D eigenvalue weighted by molar-refractivity contribution is 0.297. The molecule has 0 aliphatic heterocycles. The summed E-state index contributed by atoms with van der Waals surface area (Å²) < 4.78 is 11.6. The van der Waals surface area contributed by atoms with Crippen LogP contribution >= 0.6 is 0 Å². The van der Waals surface area contributed by atoms with E-state index in [2.05, 4.69) is 13.8 Å². The van der Waals surface area contributed by atoms with Gasteiger partial charge >= 0.3 is 0 Å². The average Bonchev–Trinajstić information content (AvgIpc) is 2.61. The lowest BCUT2D eigenvalue weighted by Crippen LogP contribution is -2.02. The van der Waals surface area contributed by atoms with Crippen molar-refractivity contribution in [2.24, 2.45) is 0 Å². The summed E-state index contributed by atoms with van der Waals surface area (Å²) in [5, 5.41) is 0. The fraction of sp³-hybridized carbons (Fsp3) is 0.727. The van der Waals surface area contributed by atoms with E-state index in [1.165, 1.54) is 64.2 Å². The second-order valence-corrected chi connectivity index (χ2v) is 6.93. The summed E-state index contributed by atoms with van der Waals surface area (Å²) in [4.78, 5) is 0. The first-order valence-corrected chi connectivity index (χ1v) is 10.4. The first-order valence-electron chi connectivity index (χ1n) is 10.4. The zero-order chi connectivity index (χ0) is 18.2. The van der Waals surface area contributed by atoms with Gasteiger partial charge in [-0.1, -0.05) is 78.1 Å². The van der Waals surface area contributed by atoms with Gasteiger partial charge < -0.3 is 15.2 Å². The van der Waals surface area contributed by atoms with Crippen molar-refractivity contribution >= 4 is 5.69 Å². The summed E-state index contributed by atoms with van der Waals surface area (Å²) in [5.41, 5.74) is 6.75. The summed E-state index contributed by atoms with van der Waals surface area (Å²) in [7, 11) is 0. The lowest BCUT2D eigenvalue weighted by Gasteiger charge is -2.11. The molecule has 0 amide bonds. The number of hydrogen-bond acceptors (Lipinski definition) is 3. The van der Waals surface area contributed by atoms with E-state index in [-0.39, 0.29) is 0 Å². The Hall–Kier alpha value is -1.38. The van der Waals surface area contributed by atoms with Crippen molar-refractivity contribution in [2.45, 2.75) is 90.9 Å². The fourth-order valence-electron chi connectivity index (χ4n) is 2.88. The largest absolute Gasteiger partial charge is 0.494 e. The molecule has 0 atom stereocenters. The van der Waals surface area contributed by atoms with E-state index in [1.807, 2.05) is 18.2 Å². The van der Waals surface area contributed by atoms with E-state index in [1.54, 1.807) is 0 Å². The Labute approximate surface area is 155 Å². The molecule has 25 heavy (non-hydrogen) atoms. The molecular weight excluding hydrogens is 310 g/mol. The first-order chi connectivity index (χ1) is 12.3. The van der Waals surface area contributed by atoms with Crippen LogP contribution in [0, 0.1) is 0 Å². The minimum Gasteiger partial charge on any atom is -0.494 e. The molecule has 0 aromatic heterocycles. The van der Waals surface area contributed by atoms with Gasteiger partial charge in [-0.05, 0) is 25.0 Å². The van der Waals surface area contributed by atoms with Crippen molar-refractivity contribution in [1.82, 2.24) is 0 Å². The Morgan fingerprint density at radius 1 is 0.680 bits per heavy atom. The van der Waals surface area contributed by atoms with Crippen molar-refractivity contribution in [2.75, 3.05) is 18.9 Å². The highest BCUT2D eigenvalue weighted by Gasteiger charge is 2.03. The highest BCUT2D eigenvalue weighted by atomic mass is 16.5. The Morgan fingerprint density at radius 3 is 1.76 bits per heavy atom. The fourth-order valence-corrected chi connectivity index (χ4v) is 2.88. The van der Waals surface area contributed by atoms with Gasteiger partial charge in [-0.2, -0.15) is 0 Å². The molecule has 0 heterocycles. The van der Waals surface area contributed by atoms with E-state index >= 15 is 0 Å². The maximum absolute atomic E-state index is 6.08. The molecule has 0 saturated carbocycles. The summed E-state index contributed by atoms with van der Waals surface area (Å²) in [6.45, 7) is 6.00. The van der Waals surface area contributed by atoms with Crippen LogP contribution in [0.25, 0.3) is 0 Å². The van der Waals surface area contributed by atoms with Crippen LogP contribution in [0.2, 0.25) is 0 Å². The van der Waals surface area contributed by atoms with Gasteiger partial charge in [-0.25, -0.2) is 0 Å². The van der Waals surface area contributed by atoms with Crippen LogP contribution in [0.3, 0.4) is 0 Å². The standard InChI is InChI=1S/C22H39NO2/c1-3-5-7-9-11-13-17-24-20-15-16-22(21(23)19-20)25-18-14-12-10-8-6-4-2/h15-16,19H,3-14,17-18,23H2,1-2H3. The summed E-state index contributed by atoms with van der Waals surface area (Å²) in [5.74, 6) is 1.62. The van der Waals surface area contributed by atoms with E-state index in [0.29, 0.717) is 5.69 Å². The SMILES string of the molecule is CCCCCCCCOc1ccc(OCCCCCCCC)c(N)c1. The quantitative estimate of drug-likeness (QED) is 0.265. The molecule has 1 aromatic carbocycles. The predicted octanol–water partition coefficient (Wildman–Crippen LogP) is 6.75. The van der Waals surface area contributed by atoms with Crippen molar-refractivity contribution in [3.05, 3.63) is 18.2 Å². The van der Waals surface area contributed by atoms with Gasteiger partial charge in [-0.3, -0.25) is 0 Å². The highest BCUT2D eigenvalue weighted by Crippen LogP contribution is 2.27. The van der Waals surface area contributed by atoms with Crippen LogP contribution in [0.5, 0.6) is 11.5 Å². The molecule has 0 fully saturated rings. The predicted molar refractivity (Wildman–Crippen MR) is 109 cm³/mol. The molecule has 0 aliphatic rings. The van der Waals surface area contributed by atoms with E-state index in [9.17, 15) is 0 Å². The minimum atomic E-state index is 0.673. The second kappa shape index (κ2) is 14.9. The monoisotopic (exact) mass is 349 g/mol. The Morgan fingerprint density at radius 2 is 1.20 bits per heavy atom. The van der Waals surface area contributed by atoms with Crippen LogP contribution in [0.4, 0.5) is 5.69 Å². The number of benzene rings is 1. The third-order valence-corrected chi connectivity index (χ3v) is 4.50. The molecule has 1 aromatic rings.